The average molecular weight is 377 g/mol. The molecule has 9 heteroatoms. The fraction of sp³-hybridized carbons (Fsp3) is 0.214. The van der Waals surface area contributed by atoms with Crippen LogP contribution in [-0.4, -0.2) is 29.5 Å². The number of aryl methyl sites for hydroxylation is 1. The molecule has 1 aromatic carbocycles. The van der Waals surface area contributed by atoms with Gasteiger partial charge in [0, 0.05) is 11.4 Å². The van der Waals surface area contributed by atoms with Gasteiger partial charge in [0.1, 0.15) is 18.4 Å². The number of halogens is 1. The van der Waals surface area contributed by atoms with Gasteiger partial charge < -0.3 is 10.1 Å². The van der Waals surface area contributed by atoms with Crippen LogP contribution in [0.25, 0.3) is 0 Å². The van der Waals surface area contributed by atoms with Crippen molar-refractivity contribution in [3.63, 3.8) is 0 Å². The van der Waals surface area contributed by atoms with Crippen molar-refractivity contribution in [2.75, 3.05) is 0 Å². The molecule has 0 bridgehead atoms. The Kier molecular flexibility index (Phi) is 4.20. The van der Waals surface area contributed by atoms with E-state index in [1.165, 1.54) is 10.8 Å². The molecule has 3 aromatic rings. The topological polar surface area (TPSA) is 91.7 Å². The minimum absolute atomic E-state index is 0.0518. The number of imidazole rings is 1. The first-order valence-electron chi connectivity index (χ1n) is 6.83. The van der Waals surface area contributed by atoms with E-state index < -0.39 is 4.92 Å². The molecule has 0 aliphatic rings. The van der Waals surface area contributed by atoms with Crippen LogP contribution in [0, 0.1) is 17.0 Å². The van der Waals surface area contributed by atoms with E-state index in [1.54, 1.807) is 17.8 Å². The third-order valence-corrected chi connectivity index (χ3v) is 3.85. The molecule has 0 aliphatic carbocycles. The maximum Gasteiger partial charge on any atom is 0.343 e. The Hall–Kier alpha value is -2.55. The zero-order valence-electron chi connectivity index (χ0n) is 12.3. The summed E-state index contributed by atoms with van der Waals surface area (Å²) in [5.74, 6) is 0.516. The molecular formula is C14H13BrN6O2. The third-order valence-electron chi connectivity index (χ3n) is 3.36. The van der Waals surface area contributed by atoms with Gasteiger partial charge in [0.15, 0.2) is 5.82 Å². The van der Waals surface area contributed by atoms with Crippen LogP contribution >= 0.6 is 15.9 Å². The molecule has 0 fully saturated rings. The quantitative estimate of drug-likeness (QED) is 0.503. The number of aromatic nitrogens is 5. The molecule has 0 spiro atoms. The lowest BCUT2D eigenvalue weighted by Gasteiger charge is -2.01. The van der Waals surface area contributed by atoms with Crippen LogP contribution in [0.3, 0.4) is 0 Å². The molecule has 0 amide bonds. The van der Waals surface area contributed by atoms with Gasteiger partial charge in [0.2, 0.25) is 0 Å². The van der Waals surface area contributed by atoms with Crippen LogP contribution < -0.4 is 0 Å². The molecule has 8 nitrogen and oxygen atoms in total. The molecule has 0 atom stereocenters. The number of benzene rings is 1. The first kappa shape index (κ1) is 15.3. The maximum absolute atomic E-state index is 11.0. The average Bonchev–Trinajstić information content (AvgIpc) is 3.07. The predicted octanol–water partition coefficient (Wildman–Crippen LogP) is 2.55. The monoisotopic (exact) mass is 376 g/mol. The van der Waals surface area contributed by atoms with Gasteiger partial charge in [0.25, 0.3) is 0 Å². The molecule has 2 heterocycles. The molecule has 23 heavy (non-hydrogen) atoms. The van der Waals surface area contributed by atoms with Crippen LogP contribution in [-0.2, 0) is 13.1 Å². The Morgan fingerprint density at radius 3 is 2.91 bits per heavy atom. The second-order valence-electron chi connectivity index (χ2n) is 5.04. The van der Waals surface area contributed by atoms with Gasteiger partial charge in [-0.25, -0.2) is 14.2 Å². The second-order valence-corrected chi connectivity index (χ2v) is 5.96. The van der Waals surface area contributed by atoms with E-state index in [1.807, 2.05) is 24.3 Å². The van der Waals surface area contributed by atoms with Crippen molar-refractivity contribution >= 4 is 21.7 Å². The van der Waals surface area contributed by atoms with E-state index in [0.29, 0.717) is 18.1 Å². The first-order chi connectivity index (χ1) is 11.0. The molecule has 0 N–H and O–H groups in total. The number of nitrogens with zero attached hydrogens (tertiary/aromatic N) is 6. The van der Waals surface area contributed by atoms with Crippen molar-refractivity contribution in [3.8, 4) is 0 Å². The second kappa shape index (κ2) is 6.29. The van der Waals surface area contributed by atoms with Crippen LogP contribution in [0.2, 0.25) is 0 Å². The normalized spacial score (nSPS) is 10.9. The van der Waals surface area contributed by atoms with E-state index in [9.17, 15) is 10.1 Å². The third kappa shape index (κ3) is 3.45. The molecule has 0 radical (unpaired) electrons. The van der Waals surface area contributed by atoms with Gasteiger partial charge in [-0.1, -0.05) is 33.3 Å². The highest BCUT2D eigenvalue weighted by atomic mass is 79.9. The van der Waals surface area contributed by atoms with Gasteiger partial charge in [-0.3, -0.25) is 0 Å². The summed E-state index contributed by atoms with van der Waals surface area (Å²) >= 11 is 3.43. The van der Waals surface area contributed by atoms with E-state index in [2.05, 4.69) is 31.2 Å². The van der Waals surface area contributed by atoms with Crippen molar-refractivity contribution in [1.82, 2.24) is 24.5 Å². The van der Waals surface area contributed by atoms with Crippen LogP contribution in [0.4, 0.5) is 5.82 Å². The van der Waals surface area contributed by atoms with Gasteiger partial charge in [-0.05, 0) is 22.6 Å². The van der Waals surface area contributed by atoms with Gasteiger partial charge in [0.05, 0.1) is 12.7 Å². The van der Waals surface area contributed by atoms with E-state index in [-0.39, 0.29) is 12.4 Å². The van der Waals surface area contributed by atoms with Crippen molar-refractivity contribution in [2.45, 2.75) is 20.0 Å². The lowest BCUT2D eigenvalue weighted by molar-refractivity contribution is -0.392. The van der Waals surface area contributed by atoms with E-state index in [0.717, 1.165) is 10.0 Å². The summed E-state index contributed by atoms with van der Waals surface area (Å²) in [4.78, 5) is 14.5. The van der Waals surface area contributed by atoms with Gasteiger partial charge >= 0.3 is 5.82 Å². The molecule has 0 saturated heterocycles. The summed E-state index contributed by atoms with van der Waals surface area (Å²) in [7, 11) is 0. The summed E-state index contributed by atoms with van der Waals surface area (Å²) in [5.41, 5.74) is 1.73. The number of hydrogen-bond donors (Lipinski definition) is 0. The standard InChI is InChI=1S/C14H13BrN6O2/c1-10-16-6-14(21(22)23)20(10)9-13-8-19(18-17-13)7-11-3-2-4-12(15)5-11/h2-6,8H,7,9H2,1H3. The minimum Gasteiger partial charge on any atom is -0.358 e. The zero-order valence-corrected chi connectivity index (χ0v) is 13.8. The largest absolute Gasteiger partial charge is 0.358 e. The molecule has 118 valence electrons. The number of nitro groups is 1. The summed E-state index contributed by atoms with van der Waals surface area (Å²) in [6, 6.07) is 7.91. The fourth-order valence-electron chi connectivity index (χ4n) is 2.27. The lowest BCUT2D eigenvalue weighted by atomic mass is 10.2. The highest BCUT2D eigenvalue weighted by molar-refractivity contribution is 9.10. The SMILES string of the molecule is Cc1ncc([N+](=O)[O-])n1Cc1cn(Cc2cccc(Br)c2)nn1. The van der Waals surface area contributed by atoms with Crippen LogP contribution in [0.5, 0.6) is 0 Å². The summed E-state index contributed by atoms with van der Waals surface area (Å²) < 4.78 is 4.21. The van der Waals surface area contributed by atoms with E-state index >= 15 is 0 Å². The van der Waals surface area contributed by atoms with Gasteiger partial charge in [-0.2, -0.15) is 0 Å². The Morgan fingerprint density at radius 2 is 2.17 bits per heavy atom. The summed E-state index contributed by atoms with van der Waals surface area (Å²) in [5, 5.41) is 19.2. The van der Waals surface area contributed by atoms with Crippen LogP contribution in [0.15, 0.2) is 41.1 Å². The Morgan fingerprint density at radius 1 is 1.35 bits per heavy atom. The van der Waals surface area contributed by atoms with Crippen molar-refractivity contribution in [3.05, 3.63) is 68.3 Å². The number of rotatable bonds is 5. The summed E-state index contributed by atoms with van der Waals surface area (Å²) in [6.45, 7) is 2.57. The fourth-order valence-corrected chi connectivity index (χ4v) is 2.72. The van der Waals surface area contributed by atoms with Gasteiger partial charge in [-0.15, -0.1) is 5.10 Å². The Bertz CT molecular complexity index is 857. The first-order valence-corrected chi connectivity index (χ1v) is 7.62. The Labute approximate surface area is 140 Å². The molecule has 0 unspecified atom stereocenters. The lowest BCUT2D eigenvalue weighted by Crippen LogP contribution is -2.06. The highest BCUT2D eigenvalue weighted by Crippen LogP contribution is 2.16. The molecule has 3 rings (SSSR count). The molecule has 0 aliphatic heterocycles. The molecule has 0 saturated carbocycles. The van der Waals surface area contributed by atoms with Crippen molar-refractivity contribution in [1.29, 1.82) is 0 Å². The summed E-state index contributed by atoms with van der Waals surface area (Å²) in [6.07, 6.45) is 3.03. The van der Waals surface area contributed by atoms with Crippen molar-refractivity contribution < 1.29 is 4.92 Å². The zero-order chi connectivity index (χ0) is 16.4. The smallest absolute Gasteiger partial charge is 0.343 e. The highest BCUT2D eigenvalue weighted by Gasteiger charge is 2.18. The molecule has 2 aromatic heterocycles. The number of hydrogen-bond acceptors (Lipinski definition) is 5. The van der Waals surface area contributed by atoms with Crippen molar-refractivity contribution in [2.24, 2.45) is 0 Å². The predicted molar refractivity (Wildman–Crippen MR) is 86.0 cm³/mol. The Balaban J connectivity index is 1.78. The maximum atomic E-state index is 11.0. The minimum atomic E-state index is -0.452. The van der Waals surface area contributed by atoms with E-state index in [4.69, 9.17) is 0 Å². The van der Waals surface area contributed by atoms with Crippen LogP contribution in [0.1, 0.15) is 17.1 Å². The molecular weight excluding hydrogens is 364 g/mol.